The van der Waals surface area contributed by atoms with Gasteiger partial charge in [-0.3, -0.25) is 4.79 Å². The molecule has 2 heteroatoms. The average Bonchev–Trinajstić information content (AvgIpc) is 2.58. The van der Waals surface area contributed by atoms with Crippen molar-refractivity contribution in [1.82, 2.24) is 0 Å². The number of hydrogen-bond acceptors (Lipinski definition) is 2. The number of carbonyl (C=O) groups excluding carboxylic acids is 1. The molecule has 3 aromatic rings. The molecule has 0 unspecified atom stereocenters. The van der Waals surface area contributed by atoms with E-state index >= 15 is 0 Å². The van der Waals surface area contributed by atoms with Crippen LogP contribution in [0, 0.1) is 13.8 Å². The first-order valence-electron chi connectivity index (χ1n) is 7.58. The fraction of sp³-hybridized carbons (Fsp3) is 0.0952. The van der Waals surface area contributed by atoms with Crippen molar-refractivity contribution in [2.24, 2.45) is 0 Å². The second kappa shape index (κ2) is 6.49. The van der Waals surface area contributed by atoms with E-state index in [-0.39, 0.29) is 5.78 Å². The fourth-order valence-electron chi connectivity index (χ4n) is 2.29. The zero-order valence-electron chi connectivity index (χ0n) is 13.2. The minimum atomic E-state index is 0.0203. The Morgan fingerprint density at radius 3 is 1.43 bits per heavy atom. The highest BCUT2D eigenvalue weighted by atomic mass is 16.5. The summed E-state index contributed by atoms with van der Waals surface area (Å²) < 4.78 is 5.78. The molecule has 0 spiro atoms. The summed E-state index contributed by atoms with van der Waals surface area (Å²) in [5, 5.41) is 0. The number of hydrogen-bond donors (Lipinski definition) is 0. The molecule has 0 saturated carbocycles. The Morgan fingerprint density at radius 2 is 0.957 bits per heavy atom. The summed E-state index contributed by atoms with van der Waals surface area (Å²) in [6.07, 6.45) is 0. The van der Waals surface area contributed by atoms with Crippen LogP contribution in [-0.4, -0.2) is 5.78 Å². The highest BCUT2D eigenvalue weighted by Gasteiger charge is 2.09. The number of benzene rings is 3. The van der Waals surface area contributed by atoms with Gasteiger partial charge in [-0.25, -0.2) is 0 Å². The lowest BCUT2D eigenvalue weighted by molar-refractivity contribution is 0.103. The molecular formula is C21H18O2. The van der Waals surface area contributed by atoms with E-state index in [9.17, 15) is 4.79 Å². The van der Waals surface area contributed by atoms with E-state index in [0.717, 1.165) is 11.3 Å². The van der Waals surface area contributed by atoms with Crippen LogP contribution in [0.1, 0.15) is 27.0 Å². The maximum Gasteiger partial charge on any atom is 0.193 e. The van der Waals surface area contributed by atoms with Crippen LogP contribution in [-0.2, 0) is 0 Å². The molecular weight excluding hydrogens is 284 g/mol. The zero-order valence-corrected chi connectivity index (χ0v) is 13.2. The van der Waals surface area contributed by atoms with Crippen LogP contribution in [0.3, 0.4) is 0 Å². The van der Waals surface area contributed by atoms with Gasteiger partial charge in [0.2, 0.25) is 0 Å². The minimum absolute atomic E-state index is 0.0203. The Hall–Kier alpha value is -2.87. The number of carbonyl (C=O) groups is 1. The predicted octanol–water partition coefficient (Wildman–Crippen LogP) is 5.33. The smallest absolute Gasteiger partial charge is 0.193 e. The molecule has 3 rings (SSSR count). The van der Waals surface area contributed by atoms with Crippen LogP contribution in [0.5, 0.6) is 11.5 Å². The lowest BCUT2D eigenvalue weighted by atomic mass is 10.0. The Bertz CT molecular complexity index is 798. The predicted molar refractivity (Wildman–Crippen MR) is 92.3 cm³/mol. The molecule has 0 bridgehead atoms. The van der Waals surface area contributed by atoms with Crippen LogP contribution in [0.2, 0.25) is 0 Å². The van der Waals surface area contributed by atoms with Crippen molar-refractivity contribution in [1.29, 1.82) is 0 Å². The first-order valence-corrected chi connectivity index (χ1v) is 7.58. The maximum atomic E-state index is 12.4. The van der Waals surface area contributed by atoms with Crippen LogP contribution in [0.15, 0.2) is 72.8 Å². The monoisotopic (exact) mass is 302 g/mol. The molecule has 0 aliphatic heterocycles. The van der Waals surface area contributed by atoms with Crippen LogP contribution in [0.4, 0.5) is 0 Å². The molecule has 0 amide bonds. The summed E-state index contributed by atoms with van der Waals surface area (Å²) in [7, 11) is 0. The number of aryl methyl sites for hydroxylation is 2. The van der Waals surface area contributed by atoms with Crippen molar-refractivity contribution in [3.63, 3.8) is 0 Å². The maximum absolute atomic E-state index is 12.4. The molecule has 0 aromatic heterocycles. The normalized spacial score (nSPS) is 10.3. The Kier molecular flexibility index (Phi) is 4.24. The molecule has 0 atom stereocenters. The van der Waals surface area contributed by atoms with Crippen molar-refractivity contribution in [3.8, 4) is 11.5 Å². The van der Waals surface area contributed by atoms with Gasteiger partial charge in [-0.15, -0.1) is 0 Å². The molecule has 0 saturated heterocycles. The van der Waals surface area contributed by atoms with Gasteiger partial charge in [0.15, 0.2) is 5.78 Å². The van der Waals surface area contributed by atoms with Gasteiger partial charge >= 0.3 is 0 Å². The van der Waals surface area contributed by atoms with E-state index < -0.39 is 0 Å². The molecule has 114 valence electrons. The molecule has 0 N–H and O–H groups in total. The minimum Gasteiger partial charge on any atom is -0.457 e. The molecule has 3 aromatic carbocycles. The van der Waals surface area contributed by atoms with Gasteiger partial charge < -0.3 is 4.74 Å². The Balaban J connectivity index is 1.75. The Labute approximate surface area is 136 Å². The topological polar surface area (TPSA) is 26.3 Å². The second-order valence-corrected chi connectivity index (χ2v) is 5.63. The largest absolute Gasteiger partial charge is 0.457 e. The van der Waals surface area contributed by atoms with Crippen LogP contribution < -0.4 is 4.74 Å². The van der Waals surface area contributed by atoms with E-state index in [0.29, 0.717) is 16.9 Å². The van der Waals surface area contributed by atoms with E-state index in [1.165, 1.54) is 5.56 Å². The Morgan fingerprint density at radius 1 is 0.609 bits per heavy atom. The van der Waals surface area contributed by atoms with Crippen molar-refractivity contribution in [2.75, 3.05) is 0 Å². The first kappa shape index (κ1) is 15.0. The summed E-state index contributed by atoms with van der Waals surface area (Å²) in [4.78, 5) is 12.4. The molecule has 0 fully saturated rings. The van der Waals surface area contributed by atoms with Gasteiger partial charge in [0.25, 0.3) is 0 Å². The molecule has 0 radical (unpaired) electrons. The third kappa shape index (κ3) is 3.67. The molecule has 0 aliphatic rings. The fourth-order valence-corrected chi connectivity index (χ4v) is 2.29. The first-order chi connectivity index (χ1) is 11.1. The molecule has 0 aliphatic carbocycles. The summed E-state index contributed by atoms with van der Waals surface area (Å²) in [6.45, 7) is 4.04. The van der Waals surface area contributed by atoms with Gasteiger partial charge in [0.1, 0.15) is 11.5 Å². The summed E-state index contributed by atoms with van der Waals surface area (Å²) in [6, 6.07) is 22.7. The van der Waals surface area contributed by atoms with E-state index in [4.69, 9.17) is 4.74 Å². The SMILES string of the molecule is Cc1ccc(Oc2ccc(C(=O)c3ccc(C)cc3)cc2)cc1. The van der Waals surface area contributed by atoms with Gasteiger partial charge in [-0.1, -0.05) is 47.5 Å². The van der Waals surface area contributed by atoms with Crippen molar-refractivity contribution in [3.05, 3.63) is 95.1 Å². The number of ether oxygens (including phenoxy) is 1. The van der Waals surface area contributed by atoms with Crippen molar-refractivity contribution >= 4 is 5.78 Å². The van der Waals surface area contributed by atoms with Crippen molar-refractivity contribution < 1.29 is 9.53 Å². The van der Waals surface area contributed by atoms with E-state index in [2.05, 4.69) is 0 Å². The quantitative estimate of drug-likeness (QED) is 0.609. The lowest BCUT2D eigenvalue weighted by Gasteiger charge is -2.07. The summed E-state index contributed by atoms with van der Waals surface area (Å²) in [5.41, 5.74) is 3.69. The van der Waals surface area contributed by atoms with E-state index in [1.54, 1.807) is 12.1 Å². The van der Waals surface area contributed by atoms with Crippen LogP contribution in [0.25, 0.3) is 0 Å². The highest BCUT2D eigenvalue weighted by molar-refractivity contribution is 6.09. The van der Waals surface area contributed by atoms with Gasteiger partial charge in [-0.2, -0.15) is 0 Å². The third-order valence-electron chi connectivity index (χ3n) is 3.69. The molecule has 23 heavy (non-hydrogen) atoms. The molecule has 2 nitrogen and oxygen atoms in total. The zero-order chi connectivity index (χ0) is 16.2. The molecule has 0 heterocycles. The van der Waals surface area contributed by atoms with Crippen molar-refractivity contribution in [2.45, 2.75) is 13.8 Å². The third-order valence-corrected chi connectivity index (χ3v) is 3.69. The van der Waals surface area contributed by atoms with Gasteiger partial charge in [0, 0.05) is 11.1 Å². The second-order valence-electron chi connectivity index (χ2n) is 5.63. The number of rotatable bonds is 4. The summed E-state index contributed by atoms with van der Waals surface area (Å²) in [5.74, 6) is 1.52. The standard InChI is InChI=1S/C21H18O2/c1-15-3-7-17(8-4-15)21(22)18-9-13-20(14-10-18)23-19-11-5-16(2)6-12-19/h3-14H,1-2H3. The van der Waals surface area contributed by atoms with Crippen LogP contribution >= 0.6 is 0 Å². The lowest BCUT2D eigenvalue weighted by Crippen LogP contribution is -2.00. The summed E-state index contributed by atoms with van der Waals surface area (Å²) >= 11 is 0. The highest BCUT2D eigenvalue weighted by Crippen LogP contribution is 2.22. The van der Waals surface area contributed by atoms with E-state index in [1.807, 2.05) is 74.5 Å². The number of ketones is 1. The van der Waals surface area contributed by atoms with Gasteiger partial charge in [-0.05, 0) is 50.2 Å². The average molecular weight is 302 g/mol. The van der Waals surface area contributed by atoms with Gasteiger partial charge in [0.05, 0.1) is 0 Å².